The molecular formula is C18H31N3O6. The predicted octanol–water partition coefficient (Wildman–Crippen LogP) is -0.716. The van der Waals surface area contributed by atoms with Crippen molar-refractivity contribution in [3.63, 3.8) is 0 Å². The number of rotatable bonds is 11. The maximum Gasteiger partial charge on any atom is 0.314 e. The summed E-state index contributed by atoms with van der Waals surface area (Å²) >= 11 is 0. The Hall–Kier alpha value is -1.97. The third-order valence-electron chi connectivity index (χ3n) is 4.86. The van der Waals surface area contributed by atoms with Crippen molar-refractivity contribution in [3.05, 3.63) is 12.2 Å². The van der Waals surface area contributed by atoms with Crippen LogP contribution in [0.25, 0.3) is 0 Å². The van der Waals surface area contributed by atoms with E-state index in [0.717, 1.165) is 18.9 Å². The normalized spacial score (nSPS) is 24.7. The van der Waals surface area contributed by atoms with Crippen LogP contribution < -0.4 is 10.6 Å². The van der Waals surface area contributed by atoms with E-state index in [1.807, 2.05) is 0 Å². The third-order valence-corrected chi connectivity index (χ3v) is 4.86. The number of hydrogen-bond donors (Lipinski definition) is 4. The summed E-state index contributed by atoms with van der Waals surface area (Å²) in [7, 11) is 3.14. The quantitative estimate of drug-likeness (QED) is 0.211. The summed E-state index contributed by atoms with van der Waals surface area (Å²) in [5.74, 6) is -0.305. The average Bonchev–Trinajstić information content (AvgIpc) is 2.97. The van der Waals surface area contributed by atoms with Gasteiger partial charge in [0.05, 0.1) is 12.2 Å². The summed E-state index contributed by atoms with van der Waals surface area (Å²) in [5.41, 5.74) is 0. The molecule has 0 aliphatic heterocycles. The highest BCUT2D eigenvalue weighted by Gasteiger charge is 2.41. The number of aliphatic hydroxyl groups excluding tert-OH is 2. The van der Waals surface area contributed by atoms with E-state index in [2.05, 4.69) is 10.6 Å². The number of urea groups is 1. The van der Waals surface area contributed by atoms with E-state index in [-0.39, 0.29) is 36.5 Å². The van der Waals surface area contributed by atoms with Crippen molar-refractivity contribution in [1.82, 2.24) is 15.5 Å². The SMILES string of the molecule is COC1C(CCCNC(=O)NCCN(C)C(=O)/C=C\C=O)CC(CO)C1O. The Kier molecular flexibility index (Phi) is 10.6. The van der Waals surface area contributed by atoms with Gasteiger partial charge in [0.15, 0.2) is 0 Å². The molecule has 4 unspecified atom stereocenters. The van der Waals surface area contributed by atoms with Gasteiger partial charge in [-0.3, -0.25) is 9.59 Å². The summed E-state index contributed by atoms with van der Waals surface area (Å²) < 4.78 is 5.35. The first-order valence-corrected chi connectivity index (χ1v) is 9.14. The van der Waals surface area contributed by atoms with Crippen LogP contribution in [0.3, 0.4) is 0 Å². The Morgan fingerprint density at radius 2 is 1.96 bits per heavy atom. The third kappa shape index (κ3) is 7.66. The zero-order valence-electron chi connectivity index (χ0n) is 16.0. The van der Waals surface area contributed by atoms with Crippen molar-refractivity contribution < 1.29 is 29.3 Å². The number of amides is 3. The molecule has 1 saturated carbocycles. The fraction of sp³-hybridized carbons (Fsp3) is 0.722. The predicted molar refractivity (Wildman–Crippen MR) is 99.0 cm³/mol. The monoisotopic (exact) mass is 385 g/mol. The maximum atomic E-state index is 11.7. The fourth-order valence-electron chi connectivity index (χ4n) is 3.33. The molecule has 9 heteroatoms. The second kappa shape index (κ2) is 12.4. The van der Waals surface area contributed by atoms with Gasteiger partial charge in [0.2, 0.25) is 5.91 Å². The largest absolute Gasteiger partial charge is 0.396 e. The van der Waals surface area contributed by atoms with Gasteiger partial charge in [-0.1, -0.05) is 0 Å². The summed E-state index contributed by atoms with van der Waals surface area (Å²) in [6.07, 6.45) is 4.12. The molecule has 1 aliphatic carbocycles. The minimum atomic E-state index is -0.651. The number of nitrogens with zero attached hydrogens (tertiary/aromatic N) is 1. The van der Waals surface area contributed by atoms with Crippen molar-refractivity contribution in [2.45, 2.75) is 31.5 Å². The number of carbonyl (C=O) groups excluding carboxylic acids is 3. The van der Waals surface area contributed by atoms with Crippen LogP contribution in [0.5, 0.6) is 0 Å². The zero-order valence-corrected chi connectivity index (χ0v) is 16.0. The average molecular weight is 385 g/mol. The molecular weight excluding hydrogens is 354 g/mol. The number of ether oxygens (including phenoxy) is 1. The van der Waals surface area contributed by atoms with Gasteiger partial charge >= 0.3 is 6.03 Å². The van der Waals surface area contributed by atoms with Gasteiger partial charge in [0, 0.05) is 52.4 Å². The number of methoxy groups -OCH3 is 1. The van der Waals surface area contributed by atoms with E-state index in [1.54, 1.807) is 14.2 Å². The van der Waals surface area contributed by atoms with Gasteiger partial charge in [0.1, 0.15) is 6.29 Å². The van der Waals surface area contributed by atoms with Crippen LogP contribution in [0.15, 0.2) is 12.2 Å². The number of carbonyl (C=O) groups is 3. The van der Waals surface area contributed by atoms with E-state index in [9.17, 15) is 24.6 Å². The Bertz CT molecular complexity index is 513. The smallest absolute Gasteiger partial charge is 0.314 e. The molecule has 0 aromatic rings. The van der Waals surface area contributed by atoms with Crippen LogP contribution in [0.2, 0.25) is 0 Å². The van der Waals surface area contributed by atoms with Gasteiger partial charge in [-0.25, -0.2) is 4.79 Å². The first-order chi connectivity index (χ1) is 12.9. The first-order valence-electron chi connectivity index (χ1n) is 9.14. The lowest BCUT2D eigenvalue weighted by molar-refractivity contribution is -0.124. The minimum Gasteiger partial charge on any atom is -0.396 e. The van der Waals surface area contributed by atoms with Crippen LogP contribution in [0.4, 0.5) is 4.79 Å². The molecule has 0 aromatic carbocycles. The maximum absolute atomic E-state index is 11.7. The number of allylic oxidation sites excluding steroid dienone is 1. The highest BCUT2D eigenvalue weighted by Crippen LogP contribution is 2.35. The number of hydrogen-bond acceptors (Lipinski definition) is 6. The number of nitrogens with one attached hydrogen (secondary N) is 2. The zero-order chi connectivity index (χ0) is 20.2. The van der Waals surface area contributed by atoms with Crippen LogP contribution in [0.1, 0.15) is 19.3 Å². The molecule has 0 bridgehead atoms. The number of aliphatic hydroxyl groups is 2. The molecule has 154 valence electrons. The van der Waals surface area contributed by atoms with E-state index in [1.165, 1.54) is 11.0 Å². The van der Waals surface area contributed by atoms with Crippen molar-refractivity contribution >= 4 is 18.2 Å². The Labute approximate surface area is 159 Å². The molecule has 0 spiro atoms. The van der Waals surface area contributed by atoms with Crippen molar-refractivity contribution in [1.29, 1.82) is 0 Å². The Morgan fingerprint density at radius 1 is 1.26 bits per heavy atom. The molecule has 0 aromatic heterocycles. The summed E-state index contributed by atoms with van der Waals surface area (Å²) in [6.45, 7) is 1.05. The van der Waals surface area contributed by atoms with Crippen LogP contribution in [-0.4, -0.2) is 85.9 Å². The number of aldehydes is 1. The molecule has 0 heterocycles. The molecule has 9 nitrogen and oxygen atoms in total. The van der Waals surface area contributed by atoms with Crippen LogP contribution >= 0.6 is 0 Å². The molecule has 1 fully saturated rings. The van der Waals surface area contributed by atoms with Gasteiger partial charge in [-0.15, -0.1) is 0 Å². The topological polar surface area (TPSA) is 128 Å². The standard InChI is InChI=1S/C18H31N3O6/c1-21(15(24)6-4-10-22)9-8-20-18(26)19-7-3-5-13-11-14(12-23)16(25)17(13)27-2/h4,6,10,13-14,16-17,23,25H,3,5,7-9,11-12H2,1-2H3,(H2,19,20,26)/b6-4-. The molecule has 0 saturated heterocycles. The van der Waals surface area contributed by atoms with Crippen molar-refractivity contribution in [3.8, 4) is 0 Å². The van der Waals surface area contributed by atoms with Crippen molar-refractivity contribution in [2.24, 2.45) is 11.8 Å². The lowest BCUT2D eigenvalue weighted by Gasteiger charge is -2.21. The van der Waals surface area contributed by atoms with Crippen LogP contribution in [0, 0.1) is 11.8 Å². The lowest BCUT2D eigenvalue weighted by Crippen LogP contribution is -2.41. The molecule has 4 atom stereocenters. The summed E-state index contributed by atoms with van der Waals surface area (Å²) in [4.78, 5) is 34.9. The Morgan fingerprint density at radius 3 is 2.59 bits per heavy atom. The van der Waals surface area contributed by atoms with E-state index >= 15 is 0 Å². The molecule has 0 radical (unpaired) electrons. The highest BCUT2D eigenvalue weighted by molar-refractivity contribution is 5.90. The minimum absolute atomic E-state index is 0.0555. The highest BCUT2D eigenvalue weighted by atomic mass is 16.5. The summed E-state index contributed by atoms with van der Waals surface area (Å²) in [6, 6.07) is -0.317. The molecule has 27 heavy (non-hydrogen) atoms. The molecule has 4 N–H and O–H groups in total. The van der Waals surface area contributed by atoms with E-state index in [0.29, 0.717) is 32.3 Å². The van der Waals surface area contributed by atoms with E-state index in [4.69, 9.17) is 4.74 Å². The molecule has 1 aliphatic rings. The second-order valence-electron chi connectivity index (χ2n) is 6.71. The van der Waals surface area contributed by atoms with Crippen LogP contribution in [-0.2, 0) is 14.3 Å². The first kappa shape index (κ1) is 23.1. The van der Waals surface area contributed by atoms with Gasteiger partial charge in [0.25, 0.3) is 0 Å². The second-order valence-corrected chi connectivity index (χ2v) is 6.71. The van der Waals surface area contributed by atoms with E-state index < -0.39 is 6.10 Å². The molecule has 1 rings (SSSR count). The fourth-order valence-corrected chi connectivity index (χ4v) is 3.33. The van der Waals surface area contributed by atoms with Gasteiger partial charge < -0.3 is 30.5 Å². The van der Waals surface area contributed by atoms with Gasteiger partial charge in [-0.2, -0.15) is 0 Å². The lowest BCUT2D eigenvalue weighted by atomic mass is 9.98. The molecule has 3 amide bonds. The summed E-state index contributed by atoms with van der Waals surface area (Å²) in [5, 5.41) is 24.8. The number of likely N-dealkylation sites (N-methyl/N-ethyl adjacent to an activating group) is 1. The van der Waals surface area contributed by atoms with Gasteiger partial charge in [-0.05, 0) is 31.3 Å². The van der Waals surface area contributed by atoms with Crippen molar-refractivity contribution in [2.75, 3.05) is 40.4 Å². The Balaban J connectivity index is 2.18.